The van der Waals surface area contributed by atoms with Gasteiger partial charge in [-0.05, 0) is 25.1 Å². The Kier molecular flexibility index (Phi) is 8.28. The van der Waals surface area contributed by atoms with Crippen molar-refractivity contribution < 1.29 is 24.1 Å². The Bertz CT molecular complexity index is 1390. The molecule has 1 aromatic carbocycles. The van der Waals surface area contributed by atoms with Gasteiger partial charge in [-0.25, -0.2) is 9.97 Å². The lowest BCUT2D eigenvalue weighted by Crippen LogP contribution is -2.61. The number of nitrogens with one attached hydrogen (secondary N) is 2. The Labute approximate surface area is 243 Å². The fraction of sp³-hybridized carbons (Fsp3) is 0.429. The normalized spacial score (nSPS) is 20.7. The standard InChI is InChI=1S/C28H33Cl2N5O5/c1-6-23(36)33-19-12-40-11-18(19)32-22-8-16-15(10-31-22)7-17(34-27(16)35-13-28(2,14-35)39-5)24-25(29)20(37-3)9-21(38-4)26(24)30/h6-10,18-19,23,33,36H,1,11-14H2,2-5H3,(H,31,32)/t18-,19+,23?/m1/s1. The number of hydrogen-bond acceptors (Lipinski definition) is 10. The maximum Gasteiger partial charge on any atom is 0.141 e. The lowest BCUT2D eigenvalue weighted by atomic mass is 9.95. The van der Waals surface area contributed by atoms with Crippen LogP contribution in [0.4, 0.5) is 11.6 Å². The minimum absolute atomic E-state index is 0.0992. The number of aliphatic hydroxyl groups excluding tert-OH is 1. The number of benzene rings is 1. The smallest absolute Gasteiger partial charge is 0.141 e. The van der Waals surface area contributed by atoms with E-state index in [-0.39, 0.29) is 17.7 Å². The average molecular weight is 591 g/mol. The van der Waals surface area contributed by atoms with Crippen molar-refractivity contribution in [1.82, 2.24) is 15.3 Å². The first-order valence-electron chi connectivity index (χ1n) is 12.8. The fourth-order valence-corrected chi connectivity index (χ4v) is 5.76. The predicted octanol–water partition coefficient (Wildman–Crippen LogP) is 4.12. The molecule has 2 aromatic heterocycles. The molecule has 214 valence electrons. The third kappa shape index (κ3) is 5.39. The Morgan fingerprint density at radius 1 is 1.12 bits per heavy atom. The van der Waals surface area contributed by atoms with Gasteiger partial charge in [0.05, 0.1) is 60.9 Å². The predicted molar refractivity (Wildman–Crippen MR) is 157 cm³/mol. The van der Waals surface area contributed by atoms with Crippen molar-refractivity contribution >= 4 is 45.6 Å². The number of ether oxygens (including phenoxy) is 4. The number of nitrogens with zero attached hydrogens (tertiary/aromatic N) is 3. The molecule has 0 aliphatic carbocycles. The second kappa shape index (κ2) is 11.6. The molecule has 3 atom stereocenters. The highest BCUT2D eigenvalue weighted by Gasteiger charge is 2.40. The number of fused-ring (bicyclic) bond motifs is 1. The maximum atomic E-state index is 9.98. The number of halogens is 2. The van der Waals surface area contributed by atoms with Gasteiger partial charge >= 0.3 is 0 Å². The molecule has 0 amide bonds. The third-order valence-corrected chi connectivity index (χ3v) is 8.14. The highest BCUT2D eigenvalue weighted by atomic mass is 35.5. The number of rotatable bonds is 10. The van der Waals surface area contributed by atoms with Crippen LogP contribution in [-0.2, 0) is 9.47 Å². The van der Waals surface area contributed by atoms with Gasteiger partial charge in [0.25, 0.3) is 0 Å². The second-order valence-corrected chi connectivity index (χ2v) is 10.9. The van der Waals surface area contributed by atoms with Crippen molar-refractivity contribution in [2.45, 2.75) is 30.8 Å². The molecule has 5 rings (SSSR count). The van der Waals surface area contributed by atoms with E-state index in [0.29, 0.717) is 64.9 Å². The van der Waals surface area contributed by atoms with E-state index in [9.17, 15) is 5.11 Å². The van der Waals surface area contributed by atoms with E-state index in [0.717, 1.165) is 16.6 Å². The van der Waals surface area contributed by atoms with E-state index in [1.165, 1.54) is 20.3 Å². The van der Waals surface area contributed by atoms with E-state index in [4.69, 9.17) is 47.1 Å². The Hall–Kier alpha value is -2.86. The van der Waals surface area contributed by atoms with Crippen LogP contribution in [0.3, 0.4) is 0 Å². The lowest BCUT2D eigenvalue weighted by molar-refractivity contribution is -0.0169. The molecule has 0 spiro atoms. The zero-order valence-electron chi connectivity index (χ0n) is 22.8. The van der Waals surface area contributed by atoms with Crippen molar-refractivity contribution in [2.24, 2.45) is 0 Å². The van der Waals surface area contributed by atoms with Crippen LogP contribution in [0.15, 0.2) is 37.1 Å². The van der Waals surface area contributed by atoms with Crippen molar-refractivity contribution in [2.75, 3.05) is 57.8 Å². The van der Waals surface area contributed by atoms with Crippen molar-refractivity contribution in [3.63, 3.8) is 0 Å². The van der Waals surface area contributed by atoms with E-state index < -0.39 is 6.23 Å². The van der Waals surface area contributed by atoms with Crippen LogP contribution in [0.2, 0.25) is 10.0 Å². The molecule has 10 nitrogen and oxygen atoms in total. The van der Waals surface area contributed by atoms with Crippen LogP contribution in [0.25, 0.3) is 22.0 Å². The third-order valence-electron chi connectivity index (χ3n) is 7.39. The molecule has 2 aliphatic heterocycles. The summed E-state index contributed by atoms with van der Waals surface area (Å²) >= 11 is 13.5. The zero-order valence-corrected chi connectivity index (χ0v) is 24.3. The van der Waals surface area contributed by atoms with Gasteiger partial charge in [-0.3, -0.25) is 5.32 Å². The molecule has 2 aliphatic rings. The maximum absolute atomic E-state index is 9.98. The number of methoxy groups -OCH3 is 3. The molecule has 3 aromatic rings. The first-order chi connectivity index (χ1) is 19.2. The summed E-state index contributed by atoms with van der Waals surface area (Å²) in [6, 6.07) is 5.31. The quantitative estimate of drug-likeness (QED) is 0.236. The zero-order chi connectivity index (χ0) is 28.6. The van der Waals surface area contributed by atoms with Gasteiger partial charge in [0, 0.05) is 48.8 Å². The van der Waals surface area contributed by atoms with E-state index in [1.54, 1.807) is 19.4 Å². The summed E-state index contributed by atoms with van der Waals surface area (Å²) in [4.78, 5) is 11.9. The summed E-state index contributed by atoms with van der Waals surface area (Å²) in [5.41, 5.74) is 0.798. The molecule has 2 saturated heterocycles. The van der Waals surface area contributed by atoms with Gasteiger partial charge in [0.1, 0.15) is 29.4 Å². The molecule has 2 fully saturated rings. The van der Waals surface area contributed by atoms with E-state index in [1.807, 2.05) is 12.1 Å². The number of aromatic nitrogens is 2. The molecule has 12 heteroatoms. The van der Waals surface area contributed by atoms with Gasteiger partial charge in [0.2, 0.25) is 0 Å². The highest BCUT2D eigenvalue weighted by Crippen LogP contribution is 2.47. The first-order valence-corrected chi connectivity index (χ1v) is 13.6. The molecule has 0 bridgehead atoms. The second-order valence-electron chi connectivity index (χ2n) is 10.2. The summed E-state index contributed by atoms with van der Waals surface area (Å²) in [5.74, 6) is 2.27. The summed E-state index contributed by atoms with van der Waals surface area (Å²) in [6.45, 7) is 7.93. The number of anilines is 2. The van der Waals surface area contributed by atoms with Crippen molar-refractivity contribution in [3.05, 3.63) is 47.1 Å². The van der Waals surface area contributed by atoms with Gasteiger partial charge in [0.15, 0.2) is 0 Å². The number of hydrogen-bond donors (Lipinski definition) is 3. The molecular formula is C28H33Cl2N5O5. The van der Waals surface area contributed by atoms with Crippen LogP contribution in [0.1, 0.15) is 6.92 Å². The van der Waals surface area contributed by atoms with Gasteiger partial charge < -0.3 is 34.3 Å². The summed E-state index contributed by atoms with van der Waals surface area (Å²) in [6.07, 6.45) is 2.40. The summed E-state index contributed by atoms with van der Waals surface area (Å²) in [7, 11) is 4.79. The van der Waals surface area contributed by atoms with Crippen LogP contribution in [-0.4, -0.2) is 86.6 Å². The average Bonchev–Trinajstić information content (AvgIpc) is 3.37. The van der Waals surface area contributed by atoms with E-state index >= 15 is 0 Å². The SMILES string of the molecule is C=CC(O)N[C@H]1COC[C@H]1Nc1cc2c(N3CC(C)(OC)C3)nc(-c3c(Cl)c(OC)cc(OC)c3Cl)cc2cn1. The minimum atomic E-state index is -0.829. The van der Waals surface area contributed by atoms with E-state index in [2.05, 4.69) is 34.0 Å². The molecule has 0 radical (unpaired) electrons. The number of pyridine rings is 2. The number of aliphatic hydroxyl groups is 1. The van der Waals surface area contributed by atoms with Crippen LogP contribution < -0.4 is 25.0 Å². The Balaban J connectivity index is 1.58. The Morgan fingerprint density at radius 2 is 1.80 bits per heavy atom. The molecule has 3 N–H and O–H groups in total. The van der Waals surface area contributed by atoms with Gasteiger partial charge in [-0.1, -0.05) is 29.8 Å². The summed E-state index contributed by atoms with van der Waals surface area (Å²) < 4.78 is 22.3. The lowest BCUT2D eigenvalue weighted by Gasteiger charge is -2.47. The van der Waals surface area contributed by atoms with Crippen LogP contribution in [0.5, 0.6) is 11.5 Å². The van der Waals surface area contributed by atoms with Crippen LogP contribution >= 0.6 is 23.2 Å². The van der Waals surface area contributed by atoms with Gasteiger partial charge in [-0.2, -0.15) is 0 Å². The first kappa shape index (κ1) is 28.7. The van der Waals surface area contributed by atoms with Crippen LogP contribution in [0, 0.1) is 0 Å². The summed E-state index contributed by atoms with van der Waals surface area (Å²) in [5, 5.41) is 18.9. The highest BCUT2D eigenvalue weighted by molar-refractivity contribution is 6.41. The molecular weight excluding hydrogens is 557 g/mol. The Morgan fingerprint density at radius 3 is 2.42 bits per heavy atom. The van der Waals surface area contributed by atoms with Crippen molar-refractivity contribution in [3.8, 4) is 22.8 Å². The molecule has 4 heterocycles. The molecule has 40 heavy (non-hydrogen) atoms. The fourth-order valence-electron chi connectivity index (χ4n) is 5.07. The largest absolute Gasteiger partial charge is 0.495 e. The topological polar surface area (TPSA) is 110 Å². The molecule has 0 saturated carbocycles. The van der Waals surface area contributed by atoms with Crippen molar-refractivity contribution in [1.29, 1.82) is 0 Å². The molecule has 1 unspecified atom stereocenters. The minimum Gasteiger partial charge on any atom is -0.495 e. The monoisotopic (exact) mass is 589 g/mol. The van der Waals surface area contributed by atoms with Gasteiger partial charge in [-0.15, -0.1) is 0 Å².